The summed E-state index contributed by atoms with van der Waals surface area (Å²) < 4.78 is 10.5. The molecule has 4 heteroatoms. The van der Waals surface area contributed by atoms with E-state index in [4.69, 9.17) is 9.47 Å². The highest BCUT2D eigenvalue weighted by molar-refractivity contribution is 5.54. The molecule has 1 aromatic rings. The molecule has 4 nitrogen and oxygen atoms in total. The van der Waals surface area contributed by atoms with Crippen LogP contribution in [0.5, 0.6) is 0 Å². The van der Waals surface area contributed by atoms with Crippen LogP contribution >= 0.6 is 0 Å². The van der Waals surface area contributed by atoms with E-state index in [2.05, 4.69) is 48.3 Å². The van der Waals surface area contributed by atoms with E-state index in [1.165, 1.54) is 5.69 Å². The predicted molar refractivity (Wildman–Crippen MR) is 85.8 cm³/mol. The monoisotopic (exact) mass is 280 g/mol. The SMILES string of the molecule is CCN(CC)c1ccc(NCCOCCCOC)cc1. The molecule has 0 aliphatic heterocycles. The third kappa shape index (κ3) is 6.26. The molecular formula is C16H28N2O2. The molecule has 1 aromatic carbocycles. The Morgan fingerprint density at radius 1 is 1.00 bits per heavy atom. The molecule has 0 atom stereocenters. The van der Waals surface area contributed by atoms with Gasteiger partial charge in [-0.1, -0.05) is 0 Å². The summed E-state index contributed by atoms with van der Waals surface area (Å²) in [6.07, 6.45) is 0.953. The lowest BCUT2D eigenvalue weighted by atomic mass is 10.2. The normalized spacial score (nSPS) is 10.6. The number of hydrogen-bond acceptors (Lipinski definition) is 4. The van der Waals surface area contributed by atoms with Gasteiger partial charge < -0.3 is 19.7 Å². The van der Waals surface area contributed by atoms with Crippen LogP contribution in [0.15, 0.2) is 24.3 Å². The highest BCUT2D eigenvalue weighted by Crippen LogP contribution is 2.17. The van der Waals surface area contributed by atoms with E-state index < -0.39 is 0 Å². The molecule has 0 aromatic heterocycles. The molecule has 0 saturated heterocycles. The van der Waals surface area contributed by atoms with Gasteiger partial charge in [-0.2, -0.15) is 0 Å². The molecular weight excluding hydrogens is 252 g/mol. The Morgan fingerprint density at radius 2 is 1.70 bits per heavy atom. The maximum atomic E-state index is 5.50. The van der Waals surface area contributed by atoms with Crippen LogP contribution in [0.3, 0.4) is 0 Å². The highest BCUT2D eigenvalue weighted by Gasteiger charge is 2.00. The third-order valence-corrected chi connectivity index (χ3v) is 3.21. The first-order valence-electron chi connectivity index (χ1n) is 7.47. The van der Waals surface area contributed by atoms with E-state index in [0.717, 1.165) is 51.6 Å². The summed E-state index contributed by atoms with van der Waals surface area (Å²) in [7, 11) is 1.71. The van der Waals surface area contributed by atoms with Gasteiger partial charge in [0.25, 0.3) is 0 Å². The minimum Gasteiger partial charge on any atom is -0.385 e. The molecule has 0 spiro atoms. The Balaban J connectivity index is 2.21. The number of anilines is 2. The topological polar surface area (TPSA) is 33.7 Å². The molecule has 0 heterocycles. The Kier molecular flexibility index (Phi) is 8.83. The zero-order chi connectivity index (χ0) is 14.6. The molecule has 0 fully saturated rings. The summed E-state index contributed by atoms with van der Waals surface area (Å²) in [5.41, 5.74) is 2.41. The maximum Gasteiger partial charge on any atom is 0.0639 e. The number of methoxy groups -OCH3 is 1. The number of ether oxygens (including phenoxy) is 2. The smallest absolute Gasteiger partial charge is 0.0639 e. The summed E-state index contributed by atoms with van der Waals surface area (Å²) in [4.78, 5) is 2.34. The first-order chi connectivity index (χ1) is 9.81. The van der Waals surface area contributed by atoms with Crippen LogP contribution in [0.25, 0.3) is 0 Å². The van der Waals surface area contributed by atoms with Crippen molar-refractivity contribution in [3.63, 3.8) is 0 Å². The molecule has 0 aliphatic carbocycles. The average molecular weight is 280 g/mol. The van der Waals surface area contributed by atoms with Crippen molar-refractivity contribution in [2.75, 3.05) is 56.8 Å². The van der Waals surface area contributed by atoms with Gasteiger partial charge in [0.15, 0.2) is 0 Å². The zero-order valence-electron chi connectivity index (χ0n) is 13.0. The molecule has 0 bridgehead atoms. The highest BCUT2D eigenvalue weighted by atomic mass is 16.5. The molecule has 0 saturated carbocycles. The standard InChI is InChI=1S/C16H28N2O2/c1-4-18(5-2)16-9-7-15(8-10-16)17-11-14-20-13-6-12-19-3/h7-10,17H,4-6,11-14H2,1-3H3. The molecule has 0 amide bonds. The van der Waals surface area contributed by atoms with Gasteiger partial charge in [0.05, 0.1) is 6.61 Å². The summed E-state index contributed by atoms with van der Waals surface area (Å²) in [6, 6.07) is 8.57. The van der Waals surface area contributed by atoms with E-state index in [1.807, 2.05) is 0 Å². The maximum absolute atomic E-state index is 5.50. The van der Waals surface area contributed by atoms with E-state index in [-0.39, 0.29) is 0 Å². The van der Waals surface area contributed by atoms with E-state index >= 15 is 0 Å². The average Bonchev–Trinajstić information content (AvgIpc) is 2.49. The molecule has 0 unspecified atom stereocenters. The summed E-state index contributed by atoms with van der Waals surface area (Å²) in [5.74, 6) is 0. The number of nitrogens with zero attached hydrogens (tertiary/aromatic N) is 1. The summed E-state index contributed by atoms with van der Waals surface area (Å²) >= 11 is 0. The molecule has 1 rings (SSSR count). The van der Waals surface area contributed by atoms with E-state index in [0.29, 0.717) is 0 Å². The van der Waals surface area contributed by atoms with Crippen molar-refractivity contribution in [1.29, 1.82) is 0 Å². The van der Waals surface area contributed by atoms with Crippen LogP contribution < -0.4 is 10.2 Å². The van der Waals surface area contributed by atoms with Gasteiger partial charge in [-0.3, -0.25) is 0 Å². The summed E-state index contributed by atoms with van der Waals surface area (Å²) in [5, 5.41) is 3.36. The van der Waals surface area contributed by atoms with Crippen molar-refractivity contribution in [2.45, 2.75) is 20.3 Å². The summed E-state index contributed by atoms with van der Waals surface area (Å²) in [6.45, 7) is 9.51. The van der Waals surface area contributed by atoms with Crippen molar-refractivity contribution in [3.8, 4) is 0 Å². The number of hydrogen-bond donors (Lipinski definition) is 1. The Hall–Kier alpha value is -1.26. The number of nitrogens with one attached hydrogen (secondary N) is 1. The minimum atomic E-state index is 0.724. The second kappa shape index (κ2) is 10.5. The minimum absolute atomic E-state index is 0.724. The number of benzene rings is 1. The van der Waals surface area contributed by atoms with Crippen LogP contribution in [0.2, 0.25) is 0 Å². The Morgan fingerprint density at radius 3 is 2.30 bits per heavy atom. The van der Waals surface area contributed by atoms with Crippen molar-refractivity contribution >= 4 is 11.4 Å². The van der Waals surface area contributed by atoms with Crippen LogP contribution in [0, 0.1) is 0 Å². The second-order valence-corrected chi connectivity index (χ2v) is 4.60. The Bertz CT molecular complexity index is 337. The third-order valence-electron chi connectivity index (χ3n) is 3.21. The van der Waals surface area contributed by atoms with Crippen molar-refractivity contribution in [2.24, 2.45) is 0 Å². The fourth-order valence-corrected chi connectivity index (χ4v) is 2.05. The van der Waals surface area contributed by atoms with Crippen LogP contribution in [0.4, 0.5) is 11.4 Å². The lowest BCUT2D eigenvalue weighted by Crippen LogP contribution is -2.21. The van der Waals surface area contributed by atoms with Gasteiger partial charge in [-0.15, -0.1) is 0 Å². The number of rotatable bonds is 11. The molecule has 0 aliphatic rings. The quantitative estimate of drug-likeness (QED) is 0.632. The fraction of sp³-hybridized carbons (Fsp3) is 0.625. The van der Waals surface area contributed by atoms with Gasteiger partial charge >= 0.3 is 0 Å². The zero-order valence-corrected chi connectivity index (χ0v) is 13.0. The Labute approximate surface area is 123 Å². The molecule has 20 heavy (non-hydrogen) atoms. The van der Waals surface area contributed by atoms with Crippen LogP contribution in [-0.2, 0) is 9.47 Å². The van der Waals surface area contributed by atoms with Gasteiger partial charge in [0.2, 0.25) is 0 Å². The fourth-order valence-electron chi connectivity index (χ4n) is 2.05. The largest absolute Gasteiger partial charge is 0.385 e. The van der Waals surface area contributed by atoms with Gasteiger partial charge in [0, 0.05) is 51.3 Å². The van der Waals surface area contributed by atoms with Crippen molar-refractivity contribution in [1.82, 2.24) is 0 Å². The molecule has 114 valence electrons. The first kappa shape index (κ1) is 16.8. The van der Waals surface area contributed by atoms with E-state index in [1.54, 1.807) is 7.11 Å². The van der Waals surface area contributed by atoms with E-state index in [9.17, 15) is 0 Å². The second-order valence-electron chi connectivity index (χ2n) is 4.60. The molecule has 0 radical (unpaired) electrons. The van der Waals surface area contributed by atoms with Gasteiger partial charge in [0.1, 0.15) is 0 Å². The van der Waals surface area contributed by atoms with Crippen molar-refractivity contribution < 1.29 is 9.47 Å². The predicted octanol–water partition coefficient (Wildman–Crippen LogP) is 3.00. The van der Waals surface area contributed by atoms with Crippen molar-refractivity contribution in [3.05, 3.63) is 24.3 Å². The van der Waals surface area contributed by atoms with Crippen LogP contribution in [0.1, 0.15) is 20.3 Å². The van der Waals surface area contributed by atoms with Gasteiger partial charge in [-0.25, -0.2) is 0 Å². The molecule has 1 N–H and O–H groups in total. The lowest BCUT2D eigenvalue weighted by Gasteiger charge is -2.21. The first-order valence-corrected chi connectivity index (χ1v) is 7.47. The van der Waals surface area contributed by atoms with Gasteiger partial charge in [-0.05, 0) is 44.5 Å². The van der Waals surface area contributed by atoms with Crippen LogP contribution in [-0.4, -0.2) is 46.6 Å². The lowest BCUT2D eigenvalue weighted by molar-refractivity contribution is 0.109.